The summed E-state index contributed by atoms with van der Waals surface area (Å²) in [4.78, 5) is 0. The summed E-state index contributed by atoms with van der Waals surface area (Å²) in [6.45, 7) is 4.26. The standard InChI is InChI=1S/C21H26NO4P/c1-17-16-21(26-13-12-24-10-11-25-14-15-27-23)9-6-19(17)5-2-18-3-7-20(22)8-4-18/h3-4,6-9,16H,2,5,10-14,22H2,1H3. The van der Waals surface area contributed by atoms with Gasteiger partial charge in [0.1, 0.15) is 0 Å². The third kappa shape index (κ3) is 8.47. The van der Waals surface area contributed by atoms with E-state index in [-0.39, 0.29) is 14.5 Å². The monoisotopic (exact) mass is 387 g/mol. The molecule has 2 N–H and O–H groups in total. The third-order valence-corrected chi connectivity index (χ3v) is 4.33. The zero-order valence-electron chi connectivity index (χ0n) is 15.6. The molecule has 5 nitrogen and oxygen atoms in total. The molecule has 0 unspecified atom stereocenters. The minimum absolute atomic E-state index is 0.131. The molecular weight excluding hydrogens is 361 g/mol. The van der Waals surface area contributed by atoms with Crippen molar-refractivity contribution in [1.82, 2.24) is 0 Å². The van der Waals surface area contributed by atoms with E-state index in [0.717, 1.165) is 24.3 Å². The van der Waals surface area contributed by atoms with Crippen LogP contribution < -0.4 is 10.5 Å². The van der Waals surface area contributed by atoms with Crippen LogP contribution in [0.4, 0.5) is 5.69 Å². The SMILES string of the molecule is Cc1cc(OCCOCCOCC#P=O)ccc1CCc1ccc(N)cc1. The summed E-state index contributed by atoms with van der Waals surface area (Å²) >= 11 is 0. The van der Waals surface area contributed by atoms with Crippen LogP contribution in [-0.2, 0) is 26.9 Å². The number of anilines is 1. The Kier molecular flexibility index (Phi) is 9.75. The Bertz CT molecular complexity index is 802. The number of hydrogen-bond donors (Lipinski definition) is 1. The molecule has 6 heteroatoms. The molecule has 0 atom stereocenters. The number of nitrogens with two attached hydrogens (primary N) is 1. The van der Waals surface area contributed by atoms with Gasteiger partial charge in [-0.1, -0.05) is 12.1 Å². The van der Waals surface area contributed by atoms with E-state index in [1.807, 2.05) is 18.2 Å². The van der Waals surface area contributed by atoms with Gasteiger partial charge in [-0.15, -0.1) is 0 Å². The third-order valence-electron chi connectivity index (χ3n) is 4.08. The molecule has 0 aliphatic rings. The van der Waals surface area contributed by atoms with Crippen LogP contribution in [0.1, 0.15) is 16.7 Å². The summed E-state index contributed by atoms with van der Waals surface area (Å²) in [5.41, 5.74) is 12.9. The zero-order valence-corrected chi connectivity index (χ0v) is 16.5. The van der Waals surface area contributed by atoms with Gasteiger partial charge in [-0.2, -0.15) is 0 Å². The minimum atomic E-state index is -0.131. The van der Waals surface area contributed by atoms with Crippen LogP contribution in [0.2, 0.25) is 0 Å². The molecule has 27 heavy (non-hydrogen) atoms. The molecule has 2 aromatic rings. The van der Waals surface area contributed by atoms with Crippen molar-refractivity contribution in [3.63, 3.8) is 0 Å². The first kappa shape index (κ1) is 21.3. The van der Waals surface area contributed by atoms with Crippen LogP contribution in [0.3, 0.4) is 0 Å². The fraction of sp³-hybridized carbons (Fsp3) is 0.381. The van der Waals surface area contributed by atoms with Gasteiger partial charge in [-0.3, -0.25) is 0 Å². The van der Waals surface area contributed by atoms with Crippen molar-refractivity contribution in [1.29, 1.82) is 0 Å². The first-order valence-electron chi connectivity index (χ1n) is 8.96. The fourth-order valence-electron chi connectivity index (χ4n) is 2.58. The molecule has 0 saturated heterocycles. The van der Waals surface area contributed by atoms with Crippen LogP contribution in [0.5, 0.6) is 5.75 Å². The molecule has 0 amide bonds. The molecule has 0 aliphatic heterocycles. The van der Waals surface area contributed by atoms with Gasteiger partial charge in [0.2, 0.25) is 0 Å². The van der Waals surface area contributed by atoms with E-state index in [4.69, 9.17) is 19.9 Å². The van der Waals surface area contributed by atoms with E-state index in [2.05, 4.69) is 36.8 Å². The Morgan fingerprint density at radius 1 is 0.963 bits per heavy atom. The molecule has 2 aromatic carbocycles. The molecule has 0 radical (unpaired) electrons. The second kappa shape index (κ2) is 12.4. The molecule has 0 saturated carbocycles. The maximum absolute atomic E-state index is 10.1. The predicted molar refractivity (Wildman–Crippen MR) is 108 cm³/mol. The van der Waals surface area contributed by atoms with Crippen LogP contribution in [0.25, 0.3) is 0 Å². The molecule has 144 valence electrons. The minimum Gasteiger partial charge on any atom is -0.399 e. The van der Waals surface area contributed by atoms with Gasteiger partial charge in [0.25, 0.3) is 0 Å². The Hall–Kier alpha value is -2.03. The van der Waals surface area contributed by atoms with Gasteiger partial charge >= 0.3 is 94.9 Å². The molecule has 2 rings (SSSR count). The number of ether oxygens (including phenoxy) is 3. The Balaban J connectivity index is 1.67. The summed E-state index contributed by atoms with van der Waals surface area (Å²) in [5, 5.41) is 0. The van der Waals surface area contributed by atoms with E-state index in [1.165, 1.54) is 16.7 Å². The van der Waals surface area contributed by atoms with Gasteiger partial charge in [-0.25, -0.2) is 0 Å². The Morgan fingerprint density at radius 2 is 1.70 bits per heavy atom. The molecular formula is C21H26NO4P. The molecule has 0 aromatic heterocycles. The summed E-state index contributed by atoms with van der Waals surface area (Å²) in [6, 6.07) is 14.2. The summed E-state index contributed by atoms with van der Waals surface area (Å²) < 4.78 is 26.4. The van der Waals surface area contributed by atoms with Crippen molar-refractivity contribution >= 4 is 13.6 Å². The number of aryl methyl sites for hydroxylation is 3. The van der Waals surface area contributed by atoms with Crippen molar-refractivity contribution in [2.24, 2.45) is 0 Å². The normalized spacial score (nSPS) is 10.4. The van der Waals surface area contributed by atoms with Crippen molar-refractivity contribution in [2.45, 2.75) is 19.8 Å². The molecule has 0 spiro atoms. The Morgan fingerprint density at radius 3 is 2.44 bits per heavy atom. The molecule has 0 aliphatic carbocycles. The summed E-state index contributed by atoms with van der Waals surface area (Å²) in [6.07, 6.45) is 1.97. The predicted octanol–water partition coefficient (Wildman–Crippen LogP) is 4.03. The first-order chi connectivity index (χ1) is 13.2. The maximum atomic E-state index is 10.1. The van der Waals surface area contributed by atoms with E-state index in [0.29, 0.717) is 26.4 Å². The van der Waals surface area contributed by atoms with Crippen LogP contribution in [0, 0.1) is 12.6 Å². The molecule has 0 fully saturated rings. The summed E-state index contributed by atoms with van der Waals surface area (Å²) in [7, 11) is -0.131. The second-order valence-electron chi connectivity index (χ2n) is 6.09. The van der Waals surface area contributed by atoms with E-state index in [9.17, 15) is 4.57 Å². The quantitative estimate of drug-likeness (QED) is 0.358. The zero-order chi connectivity index (χ0) is 19.3. The smallest absolute Gasteiger partial charge is 0.399 e. The number of nitrogen functional groups attached to an aromatic ring is 1. The van der Waals surface area contributed by atoms with Gasteiger partial charge in [0.05, 0.1) is 0 Å². The number of rotatable bonds is 11. The van der Waals surface area contributed by atoms with Crippen LogP contribution in [-0.4, -0.2) is 33.0 Å². The van der Waals surface area contributed by atoms with E-state index >= 15 is 0 Å². The summed E-state index contributed by atoms with van der Waals surface area (Å²) in [5.74, 6) is 0.849. The van der Waals surface area contributed by atoms with Crippen LogP contribution in [0.15, 0.2) is 42.5 Å². The fourth-order valence-corrected chi connectivity index (χ4v) is 2.73. The van der Waals surface area contributed by atoms with Gasteiger partial charge in [0.15, 0.2) is 0 Å². The average molecular weight is 387 g/mol. The second-order valence-corrected chi connectivity index (χ2v) is 6.59. The van der Waals surface area contributed by atoms with Crippen molar-refractivity contribution < 1.29 is 18.8 Å². The van der Waals surface area contributed by atoms with Gasteiger partial charge in [0, 0.05) is 5.69 Å². The van der Waals surface area contributed by atoms with E-state index < -0.39 is 0 Å². The van der Waals surface area contributed by atoms with Crippen LogP contribution >= 0.6 is 7.92 Å². The van der Waals surface area contributed by atoms with Gasteiger partial charge < -0.3 is 5.73 Å². The van der Waals surface area contributed by atoms with E-state index in [1.54, 1.807) is 0 Å². The number of hydrogen-bond acceptors (Lipinski definition) is 5. The van der Waals surface area contributed by atoms with Crippen molar-refractivity contribution in [3.8, 4) is 11.4 Å². The van der Waals surface area contributed by atoms with Crippen molar-refractivity contribution in [2.75, 3.05) is 38.8 Å². The number of benzene rings is 2. The molecule has 0 bridgehead atoms. The Labute approximate surface area is 161 Å². The van der Waals surface area contributed by atoms with Crippen molar-refractivity contribution in [3.05, 3.63) is 59.2 Å². The topological polar surface area (TPSA) is 70.8 Å². The molecule has 0 heterocycles. The van der Waals surface area contributed by atoms with Gasteiger partial charge in [-0.05, 0) is 43.0 Å². The average Bonchev–Trinajstić information content (AvgIpc) is 2.67. The first-order valence-corrected chi connectivity index (χ1v) is 9.77.